The largest absolute Gasteiger partial charge is 0.480 e. The van der Waals surface area contributed by atoms with E-state index in [9.17, 15) is 34.2 Å². The topological polar surface area (TPSA) is 197 Å². The number of amides is 2. The number of hydrogen-bond donors (Lipinski definition) is 4. The lowest BCUT2D eigenvalue weighted by molar-refractivity contribution is -0.148. The van der Waals surface area contributed by atoms with Crippen molar-refractivity contribution in [3.63, 3.8) is 0 Å². The average Bonchev–Trinajstić information content (AvgIpc) is 3.38. The molecular weight excluding hydrogens is 631 g/mol. The lowest BCUT2D eigenvalue weighted by Gasteiger charge is -2.49. The van der Waals surface area contributed by atoms with Crippen molar-refractivity contribution in [3.05, 3.63) is 46.7 Å². The van der Waals surface area contributed by atoms with E-state index in [1.54, 1.807) is 25.2 Å². The molecule has 0 spiro atoms. The first-order chi connectivity index (χ1) is 20.8. The molecule has 1 aromatic carbocycles. The van der Waals surface area contributed by atoms with Crippen molar-refractivity contribution in [2.24, 2.45) is 7.05 Å². The summed E-state index contributed by atoms with van der Waals surface area (Å²) in [4.78, 5) is 63.3. The van der Waals surface area contributed by atoms with Crippen LogP contribution in [0.1, 0.15) is 56.0 Å². The van der Waals surface area contributed by atoms with Crippen LogP contribution in [0.25, 0.3) is 0 Å². The lowest BCUT2D eigenvalue weighted by Crippen LogP contribution is -2.68. The number of nitrogens with zero attached hydrogens (tertiary/aromatic N) is 5. The second-order valence-corrected chi connectivity index (χ2v) is 14.1. The molecule has 4 N–H and O–H groups in total. The summed E-state index contributed by atoms with van der Waals surface area (Å²) in [5, 5.41) is 32.9. The maximum absolute atomic E-state index is 12.9. The summed E-state index contributed by atoms with van der Waals surface area (Å²) in [6.45, 7) is 6.04. The zero-order valence-corrected chi connectivity index (χ0v) is 26.9. The number of aromatic nitrogens is 4. The number of benzene rings is 1. The highest BCUT2D eigenvalue weighted by molar-refractivity contribution is 8.12. The Morgan fingerprint density at radius 1 is 1.20 bits per heavy atom. The Balaban J connectivity index is 1.25. The van der Waals surface area contributed by atoms with Crippen LogP contribution < -0.4 is 10.0 Å². The Kier molecular flexibility index (Phi) is 10.8. The summed E-state index contributed by atoms with van der Waals surface area (Å²) >= 11 is 3.40. The van der Waals surface area contributed by atoms with Gasteiger partial charge in [-0.3, -0.25) is 19.3 Å². The minimum absolute atomic E-state index is 0.0117. The molecule has 1 aromatic heterocycles. The molecule has 2 aromatic rings. The summed E-state index contributed by atoms with van der Waals surface area (Å²) in [7, 11) is 1.67. The third kappa shape index (κ3) is 7.80. The Labute approximate surface area is 266 Å². The van der Waals surface area contributed by atoms with Crippen molar-refractivity contribution in [2.45, 2.75) is 68.1 Å². The van der Waals surface area contributed by atoms with E-state index >= 15 is 0 Å². The van der Waals surface area contributed by atoms with Crippen LogP contribution in [-0.4, -0.2) is 93.2 Å². The first-order valence-corrected chi connectivity index (χ1v) is 16.5. The predicted molar refractivity (Wildman–Crippen MR) is 165 cm³/mol. The van der Waals surface area contributed by atoms with Crippen LogP contribution in [0.2, 0.25) is 0 Å². The van der Waals surface area contributed by atoms with E-state index in [-0.39, 0.29) is 35.5 Å². The molecule has 236 valence electrons. The van der Waals surface area contributed by atoms with Gasteiger partial charge in [0.2, 0.25) is 16.2 Å². The Morgan fingerprint density at radius 3 is 2.59 bits per heavy atom. The maximum atomic E-state index is 12.9. The number of carboxylic acids is 2. The molecular formula is C27H33N7O7S3. The van der Waals surface area contributed by atoms with Crippen molar-refractivity contribution in [1.29, 1.82) is 0 Å². The summed E-state index contributed by atoms with van der Waals surface area (Å²) in [6.07, 6.45) is 0.250. The van der Waals surface area contributed by atoms with Crippen LogP contribution in [0.5, 0.6) is 0 Å². The summed E-state index contributed by atoms with van der Waals surface area (Å²) in [6, 6.07) is 5.09. The van der Waals surface area contributed by atoms with Crippen LogP contribution >= 0.6 is 35.5 Å². The number of hydrogen-bond acceptors (Lipinski definition) is 12. The molecule has 2 amide bonds. The minimum Gasteiger partial charge on any atom is -0.480 e. The van der Waals surface area contributed by atoms with Gasteiger partial charge < -0.3 is 15.5 Å². The third-order valence-electron chi connectivity index (χ3n) is 6.97. The van der Waals surface area contributed by atoms with Gasteiger partial charge in [0.1, 0.15) is 23.2 Å². The summed E-state index contributed by atoms with van der Waals surface area (Å²) in [5.74, 6) is -2.69. The van der Waals surface area contributed by atoms with E-state index in [0.29, 0.717) is 27.8 Å². The van der Waals surface area contributed by atoms with Crippen LogP contribution in [0.15, 0.2) is 40.7 Å². The van der Waals surface area contributed by atoms with Crippen LogP contribution in [0.4, 0.5) is 0 Å². The summed E-state index contributed by atoms with van der Waals surface area (Å²) in [5.41, 5.74) is 1.62. The first-order valence-electron chi connectivity index (χ1n) is 13.6. The molecule has 17 heteroatoms. The molecule has 1 saturated heterocycles. The van der Waals surface area contributed by atoms with Crippen LogP contribution in [0, 0.1) is 0 Å². The third-order valence-corrected chi connectivity index (χ3v) is 10.2. The van der Waals surface area contributed by atoms with Crippen molar-refractivity contribution in [2.75, 3.05) is 11.5 Å². The molecule has 0 radical (unpaired) electrons. The number of carboxylic acid groups (broad SMARTS) is 2. The van der Waals surface area contributed by atoms with Gasteiger partial charge in [0.05, 0.1) is 0 Å². The van der Waals surface area contributed by atoms with Crippen LogP contribution in [0.3, 0.4) is 0 Å². The van der Waals surface area contributed by atoms with Gasteiger partial charge in [-0.15, -0.1) is 16.9 Å². The molecule has 3 atom stereocenters. The van der Waals surface area contributed by atoms with Gasteiger partial charge in [-0.05, 0) is 63.9 Å². The van der Waals surface area contributed by atoms with Crippen LogP contribution in [-0.2, 0) is 31.6 Å². The van der Waals surface area contributed by atoms with Gasteiger partial charge >= 0.3 is 11.9 Å². The highest BCUT2D eigenvalue weighted by Crippen LogP contribution is 2.42. The monoisotopic (exact) mass is 663 g/mol. The smallest absolute Gasteiger partial charge is 0.352 e. The highest BCUT2D eigenvalue weighted by Gasteiger charge is 2.53. The number of carbonyl (C=O) groups excluding carboxylic acids is 3. The van der Waals surface area contributed by atoms with Gasteiger partial charge in [0, 0.05) is 30.5 Å². The number of nitrogens with one attached hydrogen (secondary N) is 2. The second-order valence-electron chi connectivity index (χ2n) is 11.2. The molecule has 44 heavy (non-hydrogen) atoms. The van der Waals surface area contributed by atoms with Crippen molar-refractivity contribution < 1.29 is 34.2 Å². The Hall–Kier alpha value is -3.41. The number of β-lactam (4-membered cyclic amide) rings is 1. The maximum Gasteiger partial charge on any atom is 0.352 e. The minimum atomic E-state index is -1.21. The fraction of sp³-hybridized carbons (Fsp3) is 0.481. The number of fused-ring (bicyclic) bond motifs is 1. The first kappa shape index (κ1) is 33.5. The standard InChI is InChI=1S/C27H33N7O7S3/c1-27(2,3)16-8-5-7-14(11-16)21(36)28-17(24(38)39)9-6-10-18(35)44-30-19-22(37)34-20(25(40)41)15(12-42-23(19)34)13-43-26-29-31-32-33(26)4/h5,7-8,11,17,19,23,30H,6,9-10,12-13H2,1-4H3,(H,28,36)(H,38,39)(H,40,41)/t17?,19?,23-/m0/s1. The van der Waals surface area contributed by atoms with Crippen molar-refractivity contribution in [1.82, 2.24) is 35.1 Å². The second kappa shape index (κ2) is 14.1. The average molecular weight is 664 g/mol. The molecule has 4 rings (SSSR count). The quantitative estimate of drug-likeness (QED) is 0.138. The molecule has 14 nitrogen and oxygen atoms in total. The van der Waals surface area contributed by atoms with E-state index in [4.69, 9.17) is 0 Å². The number of aliphatic carboxylic acids is 2. The van der Waals surface area contributed by atoms with Gasteiger partial charge in [-0.25, -0.2) is 19.0 Å². The molecule has 2 aliphatic heterocycles. The molecule has 2 aliphatic rings. The summed E-state index contributed by atoms with van der Waals surface area (Å²) < 4.78 is 4.32. The molecule has 0 aliphatic carbocycles. The number of rotatable bonds is 13. The lowest BCUT2D eigenvalue weighted by atomic mass is 9.86. The number of thioether (sulfide) groups is 2. The predicted octanol–water partition coefficient (Wildman–Crippen LogP) is 2.04. The zero-order valence-electron chi connectivity index (χ0n) is 24.5. The van der Waals surface area contributed by atoms with E-state index in [2.05, 4.69) is 25.6 Å². The number of tetrazole rings is 1. The SMILES string of the molecule is Cn1nnnc1SCC1=C(C(=O)O)N2C(=O)C(NSC(=O)CCCC(NC(=O)c3cccc(C(C)(C)C)c3)C(=O)O)[C@@H]2SC1. The molecule has 0 bridgehead atoms. The molecule has 0 saturated carbocycles. The Morgan fingerprint density at radius 2 is 1.95 bits per heavy atom. The Bertz CT molecular complexity index is 1490. The van der Waals surface area contributed by atoms with E-state index < -0.39 is 41.2 Å². The normalized spacial score (nSPS) is 18.8. The van der Waals surface area contributed by atoms with Crippen molar-refractivity contribution >= 4 is 64.3 Å². The van der Waals surface area contributed by atoms with Gasteiger partial charge in [0.15, 0.2) is 0 Å². The van der Waals surface area contributed by atoms with Gasteiger partial charge in [-0.2, -0.15) is 0 Å². The fourth-order valence-electron chi connectivity index (χ4n) is 4.52. The number of carbonyl (C=O) groups is 5. The van der Waals surface area contributed by atoms with Crippen molar-refractivity contribution in [3.8, 4) is 0 Å². The number of aryl methyl sites for hydroxylation is 1. The molecule has 3 heterocycles. The fourth-order valence-corrected chi connectivity index (χ4v) is 7.68. The van der Waals surface area contributed by atoms with E-state index in [1.807, 2.05) is 26.8 Å². The van der Waals surface area contributed by atoms with Gasteiger partial charge in [-0.1, -0.05) is 44.7 Å². The zero-order chi connectivity index (χ0) is 32.2. The highest BCUT2D eigenvalue weighted by atomic mass is 32.2. The molecule has 2 unspecified atom stereocenters. The molecule has 1 fully saturated rings. The van der Waals surface area contributed by atoms with Gasteiger partial charge in [0.25, 0.3) is 5.91 Å². The van der Waals surface area contributed by atoms with E-state index in [0.717, 1.165) is 17.5 Å². The van der Waals surface area contributed by atoms with E-state index in [1.165, 1.54) is 33.1 Å².